The van der Waals surface area contributed by atoms with Crippen molar-refractivity contribution in [1.82, 2.24) is 4.98 Å². The van der Waals surface area contributed by atoms with Gasteiger partial charge in [-0.3, -0.25) is 4.98 Å². The monoisotopic (exact) mass is 360 g/mol. The van der Waals surface area contributed by atoms with Crippen LogP contribution < -0.4 is 9.88 Å². The number of nitrogens with two attached hydrogens (primary N) is 1. The van der Waals surface area contributed by atoms with Crippen LogP contribution in [0.3, 0.4) is 0 Å². The molecule has 1 aromatic heterocycles. The van der Waals surface area contributed by atoms with Crippen LogP contribution in [-0.4, -0.2) is 20.5 Å². The molecule has 5 nitrogen and oxygen atoms in total. The molecule has 0 radical (unpaired) electrons. The number of aromatic nitrogens is 1. The van der Waals surface area contributed by atoms with Crippen molar-refractivity contribution in [2.45, 2.75) is 37.5 Å². The third-order valence-corrected chi connectivity index (χ3v) is 6.31. The molecule has 0 aliphatic heterocycles. The molecule has 1 aliphatic carbocycles. The highest BCUT2D eigenvalue weighted by molar-refractivity contribution is 7.89. The highest BCUT2D eigenvalue weighted by atomic mass is 32.2. The number of hydrogen-bond donors (Lipinski definition) is 1. The van der Waals surface area contributed by atoms with Gasteiger partial charge in [-0.1, -0.05) is 26.0 Å². The summed E-state index contributed by atoms with van der Waals surface area (Å²) in [7, 11) is -1.98. The molecule has 0 amide bonds. The van der Waals surface area contributed by atoms with E-state index >= 15 is 0 Å². The fraction of sp³-hybridized carbons (Fsp3) is 0.421. The van der Waals surface area contributed by atoms with Crippen LogP contribution in [0.4, 0.5) is 0 Å². The maximum atomic E-state index is 11.4. The van der Waals surface area contributed by atoms with Crippen LogP contribution in [0, 0.1) is 11.3 Å². The zero-order valence-electron chi connectivity index (χ0n) is 14.8. The molecule has 0 saturated heterocycles. The number of primary sulfonamides is 1. The molecule has 3 rings (SSSR count). The Balaban J connectivity index is 1.72. The first-order chi connectivity index (χ1) is 11.7. The molecule has 25 heavy (non-hydrogen) atoms. The van der Waals surface area contributed by atoms with Crippen molar-refractivity contribution in [3.63, 3.8) is 0 Å². The lowest BCUT2D eigenvalue weighted by atomic mass is 10.0. The number of aryl methyl sites for hydroxylation is 1. The van der Waals surface area contributed by atoms with Crippen LogP contribution in [0.1, 0.15) is 37.4 Å². The van der Waals surface area contributed by atoms with Gasteiger partial charge in [-0.25, -0.2) is 13.6 Å². The van der Waals surface area contributed by atoms with E-state index in [0.717, 1.165) is 29.8 Å². The number of nitrogens with zero attached hydrogens (tertiary/aromatic N) is 1. The lowest BCUT2D eigenvalue weighted by Gasteiger charge is -2.07. The Bertz CT molecular complexity index is 860. The standard InChI is InChI=1S/C19H24N2O3S/c1-19(2)15(10-11-16-17(24-3)5-4-12-21-16)18(19)13-6-8-14(9-7-13)25(20,22)23/h4-9,12,15,18H,10-11H2,1-3H3,(H2,20,22,23). The topological polar surface area (TPSA) is 82.3 Å². The fourth-order valence-electron chi connectivity index (χ4n) is 3.90. The molecule has 1 aliphatic rings. The Kier molecular flexibility index (Phi) is 4.60. The van der Waals surface area contributed by atoms with Crippen LogP contribution in [0.2, 0.25) is 0 Å². The van der Waals surface area contributed by atoms with Crippen molar-refractivity contribution in [3.8, 4) is 5.75 Å². The SMILES string of the molecule is COc1cccnc1CCC1C(c2ccc(S(N)(=O)=O)cc2)C1(C)C. The van der Waals surface area contributed by atoms with Crippen molar-refractivity contribution in [2.75, 3.05) is 7.11 Å². The van der Waals surface area contributed by atoms with E-state index in [4.69, 9.17) is 9.88 Å². The molecule has 0 bridgehead atoms. The van der Waals surface area contributed by atoms with Crippen LogP contribution in [0.25, 0.3) is 0 Å². The maximum absolute atomic E-state index is 11.4. The highest BCUT2D eigenvalue weighted by Crippen LogP contribution is 2.66. The summed E-state index contributed by atoms with van der Waals surface area (Å²) in [4.78, 5) is 4.58. The molecule has 2 atom stereocenters. The largest absolute Gasteiger partial charge is 0.495 e. The minimum Gasteiger partial charge on any atom is -0.495 e. The second-order valence-electron chi connectivity index (χ2n) is 7.21. The normalized spacial score (nSPS) is 21.8. The van der Waals surface area contributed by atoms with Gasteiger partial charge in [-0.2, -0.15) is 0 Å². The summed E-state index contributed by atoms with van der Waals surface area (Å²) in [6.07, 6.45) is 3.67. The average molecular weight is 360 g/mol. The number of hydrogen-bond acceptors (Lipinski definition) is 4. The quantitative estimate of drug-likeness (QED) is 0.858. The first-order valence-corrected chi connectivity index (χ1v) is 9.90. The van der Waals surface area contributed by atoms with Gasteiger partial charge in [0.1, 0.15) is 5.75 Å². The molecule has 1 saturated carbocycles. The first-order valence-electron chi connectivity index (χ1n) is 8.36. The van der Waals surface area contributed by atoms with Crippen molar-refractivity contribution in [2.24, 2.45) is 16.5 Å². The minimum absolute atomic E-state index is 0.157. The summed E-state index contributed by atoms with van der Waals surface area (Å²) in [5.74, 6) is 1.77. The average Bonchev–Trinajstić information content (AvgIpc) is 3.13. The van der Waals surface area contributed by atoms with Crippen molar-refractivity contribution >= 4 is 10.0 Å². The molecule has 2 N–H and O–H groups in total. The molecule has 1 heterocycles. The summed E-state index contributed by atoms with van der Waals surface area (Å²) in [5.41, 5.74) is 2.33. The van der Waals surface area contributed by atoms with Gasteiger partial charge in [0.25, 0.3) is 0 Å². The maximum Gasteiger partial charge on any atom is 0.238 e. The molecule has 1 fully saturated rings. The van der Waals surface area contributed by atoms with Crippen LogP contribution in [0.15, 0.2) is 47.5 Å². The predicted octanol–water partition coefficient (Wildman–Crippen LogP) is 3.11. The number of pyridine rings is 1. The zero-order chi connectivity index (χ0) is 18.2. The van der Waals surface area contributed by atoms with Crippen molar-refractivity contribution in [1.29, 1.82) is 0 Å². The van der Waals surface area contributed by atoms with Gasteiger partial charge < -0.3 is 4.74 Å². The van der Waals surface area contributed by atoms with Gasteiger partial charge in [0.05, 0.1) is 17.7 Å². The van der Waals surface area contributed by atoms with E-state index in [1.165, 1.54) is 0 Å². The van der Waals surface area contributed by atoms with E-state index in [9.17, 15) is 8.42 Å². The van der Waals surface area contributed by atoms with E-state index in [2.05, 4.69) is 18.8 Å². The number of rotatable bonds is 6. The third kappa shape index (κ3) is 3.55. The van der Waals surface area contributed by atoms with E-state index in [1.807, 2.05) is 24.3 Å². The summed E-state index contributed by atoms with van der Waals surface area (Å²) < 4.78 is 28.2. The Hall–Kier alpha value is -1.92. The van der Waals surface area contributed by atoms with E-state index < -0.39 is 10.0 Å². The number of sulfonamides is 1. The number of ether oxygens (including phenoxy) is 1. The Morgan fingerprint density at radius 3 is 2.48 bits per heavy atom. The Morgan fingerprint density at radius 1 is 1.20 bits per heavy atom. The van der Waals surface area contributed by atoms with Crippen LogP contribution in [0.5, 0.6) is 5.75 Å². The zero-order valence-corrected chi connectivity index (χ0v) is 15.6. The molecule has 0 spiro atoms. The van der Waals surface area contributed by atoms with Gasteiger partial charge in [-0.15, -0.1) is 0 Å². The fourth-order valence-corrected chi connectivity index (χ4v) is 4.41. The molecule has 2 unspecified atom stereocenters. The summed E-state index contributed by atoms with van der Waals surface area (Å²) in [6.45, 7) is 4.51. The molecule has 6 heteroatoms. The Labute approximate surface area is 149 Å². The number of methoxy groups -OCH3 is 1. The smallest absolute Gasteiger partial charge is 0.238 e. The first kappa shape index (κ1) is 17.9. The van der Waals surface area contributed by atoms with E-state index in [-0.39, 0.29) is 10.3 Å². The lowest BCUT2D eigenvalue weighted by molar-refractivity contribution is 0.404. The lowest BCUT2D eigenvalue weighted by Crippen LogP contribution is -2.11. The molecular weight excluding hydrogens is 336 g/mol. The van der Waals surface area contributed by atoms with E-state index in [0.29, 0.717) is 11.8 Å². The number of benzene rings is 1. The molecule has 134 valence electrons. The minimum atomic E-state index is -3.64. The molecule has 2 aromatic rings. The van der Waals surface area contributed by atoms with Gasteiger partial charge >= 0.3 is 0 Å². The second kappa shape index (κ2) is 6.42. The van der Waals surface area contributed by atoms with E-state index in [1.54, 1.807) is 25.4 Å². The Morgan fingerprint density at radius 2 is 1.88 bits per heavy atom. The molecule has 1 aromatic carbocycles. The van der Waals surface area contributed by atoms with Gasteiger partial charge in [-0.05, 0) is 59.9 Å². The van der Waals surface area contributed by atoms with Crippen molar-refractivity contribution < 1.29 is 13.2 Å². The van der Waals surface area contributed by atoms with Crippen molar-refractivity contribution in [3.05, 3.63) is 53.9 Å². The predicted molar refractivity (Wildman–Crippen MR) is 96.9 cm³/mol. The summed E-state index contributed by atoms with van der Waals surface area (Å²) in [6, 6.07) is 10.8. The second-order valence-corrected chi connectivity index (χ2v) is 8.77. The summed E-state index contributed by atoms with van der Waals surface area (Å²) >= 11 is 0. The van der Waals surface area contributed by atoms with Crippen LogP contribution in [-0.2, 0) is 16.4 Å². The highest BCUT2D eigenvalue weighted by Gasteiger charge is 2.57. The summed E-state index contributed by atoms with van der Waals surface area (Å²) in [5, 5.41) is 5.17. The third-order valence-electron chi connectivity index (χ3n) is 5.38. The van der Waals surface area contributed by atoms with Gasteiger partial charge in [0.2, 0.25) is 10.0 Å². The van der Waals surface area contributed by atoms with Gasteiger partial charge in [0, 0.05) is 6.20 Å². The molecular formula is C19H24N2O3S. The van der Waals surface area contributed by atoms with Crippen LogP contribution >= 0.6 is 0 Å². The van der Waals surface area contributed by atoms with Gasteiger partial charge in [0.15, 0.2) is 0 Å².